The maximum atomic E-state index is 5.85. The van der Waals surface area contributed by atoms with Gasteiger partial charge < -0.3 is 25.2 Å². The number of hydrogen-bond donors (Lipinski definition) is 2. The molecule has 1 saturated heterocycles. The predicted octanol–water partition coefficient (Wildman–Crippen LogP) is 3.36. The molecule has 0 bridgehead atoms. The van der Waals surface area contributed by atoms with E-state index in [1.165, 1.54) is 5.56 Å². The highest BCUT2D eigenvalue weighted by Crippen LogP contribution is 2.14. The minimum absolute atomic E-state index is 0. The van der Waals surface area contributed by atoms with Crippen LogP contribution in [0, 0.1) is 5.92 Å². The molecule has 2 heterocycles. The summed E-state index contributed by atoms with van der Waals surface area (Å²) >= 11 is 0. The number of aliphatic imine (C=N–C) groups is 1. The number of halogens is 1. The molecule has 2 N–H and O–H groups in total. The molecule has 0 aliphatic carbocycles. The first-order chi connectivity index (χ1) is 15.6. The lowest BCUT2D eigenvalue weighted by Crippen LogP contribution is -2.44. The molecule has 1 aliphatic heterocycles. The number of aromatic nitrogens is 1. The van der Waals surface area contributed by atoms with E-state index in [9.17, 15) is 0 Å². The zero-order valence-electron chi connectivity index (χ0n) is 20.2. The predicted molar refractivity (Wildman–Crippen MR) is 147 cm³/mol. The van der Waals surface area contributed by atoms with Gasteiger partial charge in [0.15, 0.2) is 5.96 Å². The number of nitrogens with one attached hydrogen (secondary N) is 2. The van der Waals surface area contributed by atoms with Gasteiger partial charge in [0.2, 0.25) is 0 Å². The molecule has 0 radical (unpaired) electrons. The van der Waals surface area contributed by atoms with Crippen LogP contribution in [0.1, 0.15) is 25.0 Å². The van der Waals surface area contributed by atoms with Crippen molar-refractivity contribution in [1.29, 1.82) is 0 Å². The van der Waals surface area contributed by atoms with Gasteiger partial charge in [0, 0.05) is 45.5 Å². The summed E-state index contributed by atoms with van der Waals surface area (Å²) in [5.74, 6) is 2.26. The molecule has 1 aromatic heterocycles. The van der Waals surface area contributed by atoms with Crippen LogP contribution in [0.3, 0.4) is 0 Å². The fourth-order valence-corrected chi connectivity index (χ4v) is 3.53. The van der Waals surface area contributed by atoms with E-state index in [-0.39, 0.29) is 24.0 Å². The summed E-state index contributed by atoms with van der Waals surface area (Å²) < 4.78 is 5.85. The molecule has 3 rings (SSSR count). The van der Waals surface area contributed by atoms with Crippen LogP contribution in [-0.4, -0.2) is 68.8 Å². The monoisotopic (exact) mass is 566 g/mol. The zero-order valence-corrected chi connectivity index (χ0v) is 22.5. The van der Waals surface area contributed by atoms with Gasteiger partial charge in [0.05, 0.1) is 19.8 Å². The van der Waals surface area contributed by atoms with E-state index in [1.54, 1.807) is 0 Å². The third kappa shape index (κ3) is 9.85. The van der Waals surface area contributed by atoms with Gasteiger partial charge in [-0.1, -0.05) is 43.3 Å². The van der Waals surface area contributed by atoms with Crippen molar-refractivity contribution in [2.24, 2.45) is 10.9 Å². The van der Waals surface area contributed by atoms with Gasteiger partial charge in [-0.2, -0.15) is 0 Å². The number of hydrogen-bond acceptors (Lipinski definition) is 5. The summed E-state index contributed by atoms with van der Waals surface area (Å²) in [5, 5.41) is 6.75. The first-order valence-corrected chi connectivity index (χ1v) is 11.7. The molecule has 1 aromatic carbocycles. The van der Waals surface area contributed by atoms with Gasteiger partial charge in [-0.25, -0.2) is 9.98 Å². The summed E-state index contributed by atoms with van der Waals surface area (Å²) in [7, 11) is 2.17. The average Bonchev–Trinajstić information content (AvgIpc) is 2.82. The van der Waals surface area contributed by atoms with Crippen LogP contribution in [0.5, 0.6) is 0 Å². The Hall–Kier alpha value is -1.91. The van der Waals surface area contributed by atoms with Gasteiger partial charge >= 0.3 is 0 Å². The highest BCUT2D eigenvalue weighted by molar-refractivity contribution is 14.0. The molecule has 1 atom stereocenters. The van der Waals surface area contributed by atoms with E-state index >= 15 is 0 Å². The van der Waals surface area contributed by atoms with Crippen molar-refractivity contribution < 1.29 is 4.74 Å². The van der Waals surface area contributed by atoms with Crippen molar-refractivity contribution in [2.75, 3.05) is 57.8 Å². The molecule has 1 aliphatic rings. The molecular weight excluding hydrogens is 527 g/mol. The van der Waals surface area contributed by atoms with Crippen molar-refractivity contribution >= 4 is 35.8 Å². The molecule has 2 aromatic rings. The van der Waals surface area contributed by atoms with Crippen LogP contribution < -0.4 is 15.5 Å². The molecule has 8 heteroatoms. The Kier molecular flexibility index (Phi) is 12.5. The highest BCUT2D eigenvalue weighted by Gasteiger charge is 2.14. The summed E-state index contributed by atoms with van der Waals surface area (Å²) in [6.07, 6.45) is 1.95. The fraction of sp³-hybridized carbons (Fsp3) is 0.520. The van der Waals surface area contributed by atoms with E-state index in [0.29, 0.717) is 25.7 Å². The second-order valence-corrected chi connectivity index (χ2v) is 8.50. The van der Waals surface area contributed by atoms with E-state index in [1.807, 2.05) is 24.4 Å². The molecule has 33 heavy (non-hydrogen) atoms. The van der Waals surface area contributed by atoms with Crippen LogP contribution in [0.25, 0.3) is 0 Å². The topological polar surface area (TPSA) is 65.0 Å². The van der Waals surface area contributed by atoms with Crippen LogP contribution in [-0.2, 0) is 17.9 Å². The second-order valence-electron chi connectivity index (χ2n) is 8.50. The highest BCUT2D eigenvalue weighted by atomic mass is 127. The van der Waals surface area contributed by atoms with Crippen molar-refractivity contribution in [3.05, 3.63) is 59.8 Å². The maximum Gasteiger partial charge on any atom is 0.191 e. The first-order valence-electron chi connectivity index (χ1n) is 11.7. The van der Waals surface area contributed by atoms with E-state index < -0.39 is 0 Å². The number of benzene rings is 1. The number of pyridine rings is 1. The quantitative estimate of drug-likeness (QED) is 0.261. The molecule has 0 spiro atoms. The van der Waals surface area contributed by atoms with E-state index in [2.05, 4.69) is 70.6 Å². The molecular formula is C25H39IN6O. The summed E-state index contributed by atoms with van der Waals surface area (Å²) in [6, 6.07) is 14.5. The largest absolute Gasteiger partial charge is 0.376 e. The Labute approximate surface area is 216 Å². The molecule has 1 unspecified atom stereocenters. The summed E-state index contributed by atoms with van der Waals surface area (Å²) in [4.78, 5) is 14.1. The molecule has 1 fully saturated rings. The Morgan fingerprint density at radius 2 is 1.82 bits per heavy atom. The minimum atomic E-state index is 0. The lowest BCUT2D eigenvalue weighted by atomic mass is 10.2. The zero-order chi connectivity index (χ0) is 22.6. The Morgan fingerprint density at radius 3 is 2.48 bits per heavy atom. The number of anilines is 1. The first kappa shape index (κ1) is 27.3. The van der Waals surface area contributed by atoms with Crippen molar-refractivity contribution in [2.45, 2.75) is 27.0 Å². The molecule has 0 amide bonds. The molecule has 7 nitrogen and oxygen atoms in total. The van der Waals surface area contributed by atoms with E-state index in [0.717, 1.165) is 56.6 Å². The lowest BCUT2D eigenvalue weighted by Gasteiger charge is -2.33. The summed E-state index contributed by atoms with van der Waals surface area (Å²) in [5.41, 5.74) is 2.31. The van der Waals surface area contributed by atoms with Gasteiger partial charge in [0.25, 0.3) is 0 Å². The van der Waals surface area contributed by atoms with Gasteiger partial charge in [0.1, 0.15) is 5.82 Å². The normalized spacial score (nSPS) is 15.6. The van der Waals surface area contributed by atoms with Gasteiger partial charge in [-0.05, 0) is 37.1 Å². The number of nitrogens with zero attached hydrogens (tertiary/aromatic N) is 4. The van der Waals surface area contributed by atoms with Crippen LogP contribution in [0.2, 0.25) is 0 Å². The average molecular weight is 567 g/mol. The Bertz CT molecular complexity index is 809. The molecule has 0 saturated carbocycles. The number of piperazine rings is 1. The smallest absolute Gasteiger partial charge is 0.191 e. The Balaban J connectivity index is 0.00000385. The Morgan fingerprint density at radius 1 is 1.06 bits per heavy atom. The van der Waals surface area contributed by atoms with Crippen molar-refractivity contribution in [3.8, 4) is 0 Å². The third-order valence-corrected chi connectivity index (χ3v) is 5.53. The van der Waals surface area contributed by atoms with Crippen molar-refractivity contribution in [1.82, 2.24) is 20.5 Å². The van der Waals surface area contributed by atoms with Gasteiger partial charge in [-0.15, -0.1) is 24.0 Å². The number of ether oxygens (including phenoxy) is 1. The lowest BCUT2D eigenvalue weighted by molar-refractivity contribution is 0.0931. The second kappa shape index (κ2) is 15.1. The third-order valence-electron chi connectivity index (χ3n) is 5.53. The van der Waals surface area contributed by atoms with Crippen molar-refractivity contribution in [3.63, 3.8) is 0 Å². The maximum absolute atomic E-state index is 5.85. The summed E-state index contributed by atoms with van der Waals surface area (Å²) in [6.45, 7) is 12.1. The van der Waals surface area contributed by atoms with Gasteiger partial charge in [-0.3, -0.25) is 0 Å². The number of likely N-dealkylation sites (N-methyl/N-ethyl adjacent to an activating group) is 1. The van der Waals surface area contributed by atoms with Crippen LogP contribution >= 0.6 is 24.0 Å². The van der Waals surface area contributed by atoms with E-state index in [4.69, 9.17) is 9.73 Å². The van der Waals surface area contributed by atoms with Crippen LogP contribution in [0.4, 0.5) is 5.82 Å². The number of rotatable bonds is 10. The fourth-order valence-electron chi connectivity index (χ4n) is 3.53. The minimum Gasteiger partial charge on any atom is -0.376 e. The van der Waals surface area contributed by atoms with Crippen LogP contribution in [0.15, 0.2) is 53.7 Å². The number of guanidine groups is 1. The molecule has 182 valence electrons. The SMILES string of the molecule is CCNC(=NCc1ccc(N2CCN(C)CC2)nc1)NCC(C)COCc1ccccc1.I. The standard InChI is InChI=1S/C25H38N6O.HI/c1-4-26-25(28-16-21(2)19-32-20-22-8-6-5-7-9-22)29-18-23-10-11-24(27-17-23)31-14-12-30(3)13-15-31;/h5-11,17,21H,4,12-16,18-20H2,1-3H3,(H2,26,28,29);1H.